The van der Waals surface area contributed by atoms with Crippen LogP contribution in [0.4, 0.5) is 0 Å². The quantitative estimate of drug-likeness (QED) is 0.797. The first kappa shape index (κ1) is 13.8. The van der Waals surface area contributed by atoms with Gasteiger partial charge in [0.25, 0.3) is 0 Å². The summed E-state index contributed by atoms with van der Waals surface area (Å²) >= 11 is 0. The van der Waals surface area contributed by atoms with E-state index in [9.17, 15) is 4.79 Å². The summed E-state index contributed by atoms with van der Waals surface area (Å²) in [4.78, 5) is 11.5. The van der Waals surface area contributed by atoms with Gasteiger partial charge in [-0.2, -0.15) is 0 Å². The summed E-state index contributed by atoms with van der Waals surface area (Å²) in [5.41, 5.74) is 1.16. The monoisotopic (exact) mass is 259 g/mol. The Labute approximate surface area is 114 Å². The molecule has 2 rings (SSSR count). The van der Waals surface area contributed by atoms with Crippen LogP contribution in [0, 0.1) is 11.8 Å². The highest BCUT2D eigenvalue weighted by Gasteiger charge is 2.34. The lowest BCUT2D eigenvalue weighted by molar-refractivity contribution is -0.119. The number of hydrogen-bond acceptors (Lipinski definition) is 2. The minimum absolute atomic E-state index is 0.118. The number of nitrogens with one attached hydrogen (secondary N) is 1. The van der Waals surface area contributed by atoms with Gasteiger partial charge in [-0.05, 0) is 11.5 Å². The highest BCUT2D eigenvalue weighted by Crippen LogP contribution is 2.24. The van der Waals surface area contributed by atoms with Crippen molar-refractivity contribution in [1.29, 1.82) is 0 Å². The molecule has 1 aliphatic heterocycles. The summed E-state index contributed by atoms with van der Waals surface area (Å²) in [6.45, 7) is 7.08. The average Bonchev–Trinajstić information content (AvgIpc) is 2.80. The molecule has 1 aliphatic rings. The van der Waals surface area contributed by atoms with Gasteiger partial charge in [0.1, 0.15) is 0 Å². The molecule has 0 saturated carbocycles. The zero-order valence-corrected chi connectivity index (χ0v) is 11.3. The van der Waals surface area contributed by atoms with Crippen LogP contribution in [-0.2, 0) is 16.1 Å². The van der Waals surface area contributed by atoms with Gasteiger partial charge >= 0.3 is 0 Å². The lowest BCUT2D eigenvalue weighted by Gasteiger charge is -2.22. The van der Waals surface area contributed by atoms with Crippen molar-refractivity contribution in [3.8, 4) is 0 Å². The zero-order valence-electron chi connectivity index (χ0n) is 11.3. The molecule has 3 heteroatoms. The van der Waals surface area contributed by atoms with Crippen molar-refractivity contribution in [2.75, 3.05) is 6.61 Å². The minimum Gasteiger partial charge on any atom is -0.376 e. The Bertz CT molecular complexity index is 430. The van der Waals surface area contributed by atoms with Crippen LogP contribution < -0.4 is 5.32 Å². The van der Waals surface area contributed by atoms with Crippen molar-refractivity contribution < 1.29 is 9.53 Å². The summed E-state index contributed by atoms with van der Waals surface area (Å²) in [7, 11) is 0. The maximum atomic E-state index is 11.5. The molecule has 19 heavy (non-hydrogen) atoms. The first-order chi connectivity index (χ1) is 9.20. The number of benzene rings is 1. The Morgan fingerprint density at radius 1 is 1.47 bits per heavy atom. The molecule has 0 bridgehead atoms. The van der Waals surface area contributed by atoms with Crippen molar-refractivity contribution in [3.63, 3.8) is 0 Å². The van der Waals surface area contributed by atoms with Gasteiger partial charge in [0.2, 0.25) is 5.91 Å². The molecule has 3 nitrogen and oxygen atoms in total. The summed E-state index contributed by atoms with van der Waals surface area (Å²) in [6, 6.07) is 10.2. The highest BCUT2D eigenvalue weighted by atomic mass is 16.5. The van der Waals surface area contributed by atoms with Crippen molar-refractivity contribution in [1.82, 2.24) is 5.32 Å². The van der Waals surface area contributed by atoms with Crippen LogP contribution in [0.5, 0.6) is 0 Å². The topological polar surface area (TPSA) is 38.3 Å². The average molecular weight is 259 g/mol. The molecule has 1 fully saturated rings. The summed E-state index contributed by atoms with van der Waals surface area (Å²) in [5, 5.41) is 3.01. The Hall–Kier alpha value is -1.61. The summed E-state index contributed by atoms with van der Waals surface area (Å²) in [6.07, 6.45) is 2.44. The van der Waals surface area contributed by atoms with Crippen LogP contribution in [0.1, 0.15) is 18.9 Å². The van der Waals surface area contributed by atoms with Crippen LogP contribution in [-0.4, -0.2) is 18.6 Å². The van der Waals surface area contributed by atoms with Crippen molar-refractivity contribution in [2.24, 2.45) is 11.8 Å². The van der Waals surface area contributed by atoms with E-state index in [0.29, 0.717) is 19.6 Å². The van der Waals surface area contributed by atoms with Crippen LogP contribution in [0.2, 0.25) is 0 Å². The molecule has 1 amide bonds. The third-order valence-electron chi connectivity index (χ3n) is 3.66. The molecule has 1 N–H and O–H groups in total. The maximum Gasteiger partial charge on any atom is 0.220 e. The molecule has 0 spiro atoms. The van der Waals surface area contributed by atoms with Gasteiger partial charge in [0.15, 0.2) is 0 Å². The van der Waals surface area contributed by atoms with E-state index in [4.69, 9.17) is 4.74 Å². The SMILES string of the molecule is C=CC(C)C1NC(=O)C[C@H]1COCc1ccccc1. The molecule has 2 unspecified atom stereocenters. The summed E-state index contributed by atoms with van der Waals surface area (Å²) < 4.78 is 5.75. The van der Waals surface area contributed by atoms with E-state index in [1.54, 1.807) is 0 Å². The first-order valence-electron chi connectivity index (χ1n) is 6.74. The lowest BCUT2D eigenvalue weighted by Crippen LogP contribution is -2.35. The van der Waals surface area contributed by atoms with Crippen molar-refractivity contribution >= 4 is 5.91 Å². The fraction of sp³-hybridized carbons (Fsp3) is 0.438. The molecule has 0 aromatic heterocycles. The second kappa shape index (κ2) is 6.53. The van der Waals surface area contributed by atoms with Gasteiger partial charge in [-0.3, -0.25) is 4.79 Å². The standard InChI is InChI=1S/C16H21NO2/c1-3-12(2)16-14(9-15(18)17-16)11-19-10-13-7-5-4-6-8-13/h3-8,12,14,16H,1,9-11H2,2H3,(H,17,18)/t12?,14-,16?/m0/s1. The number of carbonyl (C=O) groups is 1. The van der Waals surface area contributed by atoms with E-state index in [1.165, 1.54) is 0 Å². The van der Waals surface area contributed by atoms with Gasteiger partial charge in [0, 0.05) is 18.4 Å². The third-order valence-corrected chi connectivity index (χ3v) is 3.66. The molecule has 1 aromatic carbocycles. The molecule has 0 aliphatic carbocycles. The van der Waals surface area contributed by atoms with E-state index in [0.717, 1.165) is 5.56 Å². The predicted octanol–water partition coefficient (Wildman–Crippen LogP) is 2.53. The van der Waals surface area contributed by atoms with E-state index < -0.39 is 0 Å². The largest absolute Gasteiger partial charge is 0.376 e. The molecule has 102 valence electrons. The predicted molar refractivity (Wildman–Crippen MR) is 75.5 cm³/mol. The summed E-state index contributed by atoms with van der Waals surface area (Å²) in [5.74, 6) is 0.632. The maximum absolute atomic E-state index is 11.5. The molecular formula is C16H21NO2. The van der Waals surface area contributed by atoms with E-state index in [2.05, 4.69) is 18.8 Å². The van der Waals surface area contributed by atoms with Gasteiger partial charge in [-0.25, -0.2) is 0 Å². The number of amides is 1. The Kier molecular flexibility index (Phi) is 4.74. The second-order valence-corrected chi connectivity index (χ2v) is 5.15. The van der Waals surface area contributed by atoms with E-state index in [-0.39, 0.29) is 23.8 Å². The Morgan fingerprint density at radius 2 is 2.21 bits per heavy atom. The molecule has 1 heterocycles. The van der Waals surface area contributed by atoms with Crippen molar-refractivity contribution in [3.05, 3.63) is 48.6 Å². The van der Waals surface area contributed by atoms with E-state index in [1.807, 2.05) is 36.4 Å². The van der Waals surface area contributed by atoms with Gasteiger partial charge in [-0.1, -0.05) is 43.3 Å². The Balaban J connectivity index is 1.84. The number of rotatable bonds is 6. The second-order valence-electron chi connectivity index (χ2n) is 5.15. The number of carbonyl (C=O) groups excluding carboxylic acids is 1. The number of ether oxygens (including phenoxy) is 1. The lowest BCUT2D eigenvalue weighted by atomic mass is 9.91. The Morgan fingerprint density at radius 3 is 2.89 bits per heavy atom. The smallest absolute Gasteiger partial charge is 0.220 e. The van der Waals surface area contributed by atoms with Gasteiger partial charge in [-0.15, -0.1) is 6.58 Å². The molecule has 1 aromatic rings. The van der Waals surface area contributed by atoms with Crippen LogP contribution in [0.25, 0.3) is 0 Å². The highest BCUT2D eigenvalue weighted by molar-refractivity contribution is 5.79. The zero-order chi connectivity index (χ0) is 13.7. The van der Waals surface area contributed by atoms with Crippen molar-refractivity contribution in [2.45, 2.75) is 26.0 Å². The van der Waals surface area contributed by atoms with Gasteiger partial charge < -0.3 is 10.1 Å². The molecule has 0 radical (unpaired) electrons. The third kappa shape index (κ3) is 3.67. The molecular weight excluding hydrogens is 238 g/mol. The number of hydrogen-bond donors (Lipinski definition) is 1. The fourth-order valence-electron chi connectivity index (χ4n) is 2.50. The van der Waals surface area contributed by atoms with Crippen LogP contribution in [0.15, 0.2) is 43.0 Å². The minimum atomic E-state index is 0.118. The molecule has 1 saturated heterocycles. The van der Waals surface area contributed by atoms with Gasteiger partial charge in [0.05, 0.1) is 13.2 Å². The van der Waals surface area contributed by atoms with E-state index >= 15 is 0 Å². The fourth-order valence-corrected chi connectivity index (χ4v) is 2.50. The molecule has 3 atom stereocenters. The normalized spacial score (nSPS) is 23.9. The first-order valence-corrected chi connectivity index (χ1v) is 6.74. The van der Waals surface area contributed by atoms with Crippen LogP contribution >= 0.6 is 0 Å². The van der Waals surface area contributed by atoms with Crippen LogP contribution in [0.3, 0.4) is 0 Å².